The summed E-state index contributed by atoms with van der Waals surface area (Å²) in [6, 6.07) is 0. The zero-order valence-corrected chi connectivity index (χ0v) is 9.83. The average Bonchev–Trinajstić information content (AvgIpc) is 2.88. The van der Waals surface area contributed by atoms with E-state index in [1.165, 1.54) is 57.8 Å². The van der Waals surface area contributed by atoms with Crippen LogP contribution in [0, 0.1) is 11.8 Å². The Morgan fingerprint density at radius 2 is 1.00 bits per heavy atom. The zero-order chi connectivity index (χ0) is 10.3. The topological polar surface area (TPSA) is 0 Å². The smallest absolute Gasteiger partial charge is 0.0319 e. The van der Waals surface area contributed by atoms with Gasteiger partial charge in [-0.1, -0.05) is 43.6 Å². The number of rotatable bonds is 6. The van der Waals surface area contributed by atoms with E-state index in [4.69, 9.17) is 0 Å². The summed E-state index contributed by atoms with van der Waals surface area (Å²) < 4.78 is 0. The van der Waals surface area contributed by atoms with Crippen molar-refractivity contribution in [2.45, 2.75) is 57.8 Å². The van der Waals surface area contributed by atoms with Crippen LogP contribution in [0.2, 0.25) is 0 Å². The summed E-state index contributed by atoms with van der Waals surface area (Å²) in [5.41, 5.74) is 0. The van der Waals surface area contributed by atoms with Crippen molar-refractivity contribution in [1.82, 2.24) is 0 Å². The monoisotopic (exact) mass is 204 g/mol. The van der Waals surface area contributed by atoms with Crippen molar-refractivity contribution >= 4 is 0 Å². The lowest BCUT2D eigenvalue weighted by Gasteiger charge is -2.10. The molecule has 0 radical (unpaired) electrons. The molecule has 0 saturated heterocycles. The van der Waals surface area contributed by atoms with Crippen molar-refractivity contribution in [1.29, 1.82) is 0 Å². The first kappa shape index (κ1) is 11.0. The third-order valence-corrected chi connectivity index (χ3v) is 3.94. The van der Waals surface area contributed by atoms with Gasteiger partial charge in [0, 0.05) is 0 Å². The number of hydrogen-bond acceptors (Lipinski definition) is 0. The molecular formula is C15H24. The molecule has 0 aliphatic heterocycles. The molecule has 2 rings (SSSR count). The average molecular weight is 204 g/mol. The molecule has 0 bridgehead atoms. The maximum Gasteiger partial charge on any atom is -0.0319 e. The molecule has 0 nitrogen and oxygen atoms in total. The van der Waals surface area contributed by atoms with E-state index in [2.05, 4.69) is 24.3 Å². The second-order valence-corrected chi connectivity index (χ2v) is 5.26. The van der Waals surface area contributed by atoms with Gasteiger partial charge in [-0.25, -0.2) is 0 Å². The molecule has 0 heteroatoms. The van der Waals surface area contributed by atoms with Crippen molar-refractivity contribution in [3.8, 4) is 0 Å². The maximum absolute atomic E-state index is 2.36. The fourth-order valence-electron chi connectivity index (χ4n) is 2.86. The van der Waals surface area contributed by atoms with E-state index in [1.54, 1.807) is 0 Å². The predicted octanol–water partition coefficient (Wildman–Crippen LogP) is 4.87. The van der Waals surface area contributed by atoms with Gasteiger partial charge in [0.05, 0.1) is 0 Å². The molecule has 0 heterocycles. The molecule has 0 saturated carbocycles. The van der Waals surface area contributed by atoms with Gasteiger partial charge in [0.1, 0.15) is 0 Å². The minimum Gasteiger partial charge on any atom is -0.0882 e. The Morgan fingerprint density at radius 3 is 1.40 bits per heavy atom. The van der Waals surface area contributed by atoms with Crippen LogP contribution in [0.3, 0.4) is 0 Å². The largest absolute Gasteiger partial charge is 0.0882 e. The summed E-state index contributed by atoms with van der Waals surface area (Å²) in [7, 11) is 0. The van der Waals surface area contributed by atoms with Crippen LogP contribution in [-0.4, -0.2) is 0 Å². The van der Waals surface area contributed by atoms with E-state index in [0.29, 0.717) is 0 Å². The van der Waals surface area contributed by atoms with E-state index >= 15 is 0 Å². The second-order valence-electron chi connectivity index (χ2n) is 5.26. The molecule has 2 aliphatic carbocycles. The molecular weight excluding hydrogens is 180 g/mol. The molecule has 0 aromatic carbocycles. The van der Waals surface area contributed by atoms with Crippen LogP contribution >= 0.6 is 0 Å². The molecule has 2 aliphatic rings. The highest BCUT2D eigenvalue weighted by atomic mass is 14.2. The lowest BCUT2D eigenvalue weighted by molar-refractivity contribution is 0.444. The lowest BCUT2D eigenvalue weighted by Crippen LogP contribution is -1.96. The maximum atomic E-state index is 2.36. The van der Waals surface area contributed by atoms with E-state index < -0.39 is 0 Å². The normalized spacial score (nSPS) is 21.9. The van der Waals surface area contributed by atoms with Gasteiger partial charge in [-0.15, -0.1) is 0 Å². The van der Waals surface area contributed by atoms with Crippen molar-refractivity contribution in [3.63, 3.8) is 0 Å². The Kier molecular flexibility index (Phi) is 4.50. The fourth-order valence-corrected chi connectivity index (χ4v) is 2.86. The Morgan fingerprint density at radius 1 is 0.600 bits per heavy atom. The van der Waals surface area contributed by atoms with Gasteiger partial charge in [-0.2, -0.15) is 0 Å². The lowest BCUT2D eigenvalue weighted by atomic mass is 9.95. The first-order valence-electron chi connectivity index (χ1n) is 6.75. The van der Waals surface area contributed by atoms with Crippen LogP contribution in [0.5, 0.6) is 0 Å². The zero-order valence-electron chi connectivity index (χ0n) is 9.83. The van der Waals surface area contributed by atoms with Gasteiger partial charge in [0.25, 0.3) is 0 Å². The molecule has 0 fully saturated rings. The summed E-state index contributed by atoms with van der Waals surface area (Å²) in [4.78, 5) is 0. The molecule has 0 aromatic heterocycles. The third kappa shape index (κ3) is 3.85. The number of allylic oxidation sites excluding steroid dienone is 4. The highest BCUT2D eigenvalue weighted by molar-refractivity contribution is 4.94. The predicted molar refractivity (Wildman–Crippen MR) is 66.8 cm³/mol. The molecule has 0 unspecified atom stereocenters. The van der Waals surface area contributed by atoms with Gasteiger partial charge in [0.15, 0.2) is 0 Å². The highest BCUT2D eigenvalue weighted by Crippen LogP contribution is 2.26. The summed E-state index contributed by atoms with van der Waals surface area (Å²) in [6.07, 6.45) is 22.2. The van der Waals surface area contributed by atoms with Crippen LogP contribution in [0.25, 0.3) is 0 Å². The molecule has 15 heavy (non-hydrogen) atoms. The van der Waals surface area contributed by atoms with Gasteiger partial charge in [-0.05, 0) is 50.4 Å². The fraction of sp³-hybridized carbons (Fsp3) is 0.733. The SMILES string of the molecule is C1=CCC(CCCCCC2CC=CC2)C1. The quantitative estimate of drug-likeness (QED) is 0.428. The van der Waals surface area contributed by atoms with Crippen LogP contribution < -0.4 is 0 Å². The standard InChI is InChI=1S/C15H24/c1(2-8-14-10-4-5-11-14)3-9-15-12-6-7-13-15/h4-7,14-15H,1-3,8-13H2. The molecule has 84 valence electrons. The first-order valence-corrected chi connectivity index (χ1v) is 6.75. The molecule has 0 amide bonds. The van der Waals surface area contributed by atoms with Crippen LogP contribution in [-0.2, 0) is 0 Å². The first-order chi connectivity index (χ1) is 7.45. The highest BCUT2D eigenvalue weighted by Gasteiger charge is 2.11. The van der Waals surface area contributed by atoms with Crippen LogP contribution in [0.1, 0.15) is 57.8 Å². The van der Waals surface area contributed by atoms with Gasteiger partial charge in [-0.3, -0.25) is 0 Å². The van der Waals surface area contributed by atoms with Crippen LogP contribution in [0.15, 0.2) is 24.3 Å². The minimum absolute atomic E-state index is 0.998. The summed E-state index contributed by atoms with van der Waals surface area (Å²) >= 11 is 0. The van der Waals surface area contributed by atoms with E-state index in [9.17, 15) is 0 Å². The van der Waals surface area contributed by atoms with Crippen LogP contribution in [0.4, 0.5) is 0 Å². The van der Waals surface area contributed by atoms with E-state index in [-0.39, 0.29) is 0 Å². The summed E-state index contributed by atoms with van der Waals surface area (Å²) in [5.74, 6) is 2.00. The third-order valence-electron chi connectivity index (χ3n) is 3.94. The van der Waals surface area contributed by atoms with Gasteiger partial charge in [0.2, 0.25) is 0 Å². The molecule has 0 spiro atoms. The Hall–Kier alpha value is -0.520. The van der Waals surface area contributed by atoms with Crippen molar-refractivity contribution in [3.05, 3.63) is 24.3 Å². The van der Waals surface area contributed by atoms with Crippen molar-refractivity contribution in [2.75, 3.05) is 0 Å². The van der Waals surface area contributed by atoms with Crippen molar-refractivity contribution < 1.29 is 0 Å². The van der Waals surface area contributed by atoms with Gasteiger partial charge < -0.3 is 0 Å². The molecule has 0 N–H and O–H groups in total. The minimum atomic E-state index is 0.998. The Labute approximate surface area is 94.5 Å². The molecule has 0 atom stereocenters. The molecule has 0 aromatic rings. The van der Waals surface area contributed by atoms with Crippen molar-refractivity contribution in [2.24, 2.45) is 11.8 Å². The van der Waals surface area contributed by atoms with E-state index in [0.717, 1.165) is 11.8 Å². The Bertz CT molecular complexity index is 184. The van der Waals surface area contributed by atoms with Gasteiger partial charge >= 0.3 is 0 Å². The Balaban J connectivity index is 1.41. The summed E-state index contributed by atoms with van der Waals surface area (Å²) in [6.45, 7) is 0. The second kappa shape index (κ2) is 6.15. The van der Waals surface area contributed by atoms with E-state index in [1.807, 2.05) is 0 Å². The summed E-state index contributed by atoms with van der Waals surface area (Å²) in [5, 5.41) is 0. The number of hydrogen-bond donors (Lipinski definition) is 0. The number of unbranched alkanes of at least 4 members (excludes halogenated alkanes) is 2.